The lowest BCUT2D eigenvalue weighted by atomic mass is 10.0. The zero-order valence-electron chi connectivity index (χ0n) is 23.7. The van der Waals surface area contributed by atoms with Crippen LogP contribution >= 0.6 is 18.0 Å². The molecule has 1 fully saturated rings. The summed E-state index contributed by atoms with van der Waals surface area (Å²) in [4.78, 5) is 0. The van der Waals surface area contributed by atoms with Crippen LogP contribution in [0.25, 0.3) is 6.08 Å². The van der Waals surface area contributed by atoms with Crippen LogP contribution in [0.2, 0.25) is 0 Å². The Balaban J connectivity index is 1.87. The highest BCUT2D eigenvalue weighted by Gasteiger charge is 2.54. The number of benzene rings is 3. The van der Waals surface area contributed by atoms with Gasteiger partial charge in [0.1, 0.15) is 0 Å². The van der Waals surface area contributed by atoms with Crippen LogP contribution in [0.5, 0.6) is 0 Å². The maximum absolute atomic E-state index is 15.7. The van der Waals surface area contributed by atoms with Gasteiger partial charge in [-0.1, -0.05) is 77.9 Å². The minimum absolute atomic E-state index is 0.0608. The largest absolute Gasteiger partial charge is 0.320 e. The molecule has 196 valence electrons. The van der Waals surface area contributed by atoms with E-state index < -0.39 is 6.65 Å². The first-order valence-corrected chi connectivity index (χ1v) is 16.3. The van der Waals surface area contributed by atoms with E-state index in [2.05, 4.69) is 132 Å². The van der Waals surface area contributed by atoms with E-state index in [1.54, 1.807) is 11.4 Å². The molecule has 0 N–H and O–H groups in total. The van der Waals surface area contributed by atoms with Crippen molar-refractivity contribution < 1.29 is 4.57 Å². The summed E-state index contributed by atoms with van der Waals surface area (Å²) < 4.78 is 20.2. The molecule has 1 saturated heterocycles. The van der Waals surface area contributed by atoms with Gasteiger partial charge in [0.15, 0.2) is 0 Å². The van der Waals surface area contributed by atoms with Gasteiger partial charge in [0, 0.05) is 5.25 Å². The quantitative estimate of drug-likeness (QED) is 0.295. The lowest BCUT2D eigenvalue weighted by molar-refractivity contribution is 0.584. The smallest absolute Gasteiger partial charge is 0.293 e. The van der Waals surface area contributed by atoms with Gasteiger partial charge in [0.05, 0.1) is 23.5 Å². The summed E-state index contributed by atoms with van der Waals surface area (Å²) in [6, 6.07) is 19.4. The monoisotopic (exact) mass is 532 g/mol. The summed E-state index contributed by atoms with van der Waals surface area (Å²) in [5.74, 6) is 0. The summed E-state index contributed by atoms with van der Waals surface area (Å²) in [6.07, 6.45) is 4.33. The van der Waals surface area contributed by atoms with Crippen LogP contribution in [0.4, 0.5) is 11.4 Å². The van der Waals surface area contributed by atoms with Crippen LogP contribution in [0.3, 0.4) is 0 Å². The molecule has 3 aromatic carbocycles. The van der Waals surface area contributed by atoms with E-state index in [-0.39, 0.29) is 17.3 Å². The van der Waals surface area contributed by atoms with Crippen LogP contribution in [0.1, 0.15) is 59.7 Å². The minimum Gasteiger partial charge on any atom is -0.293 e. The number of aryl methyl sites for hydroxylation is 6. The average molecular weight is 533 g/mol. The second-order valence-corrected chi connectivity index (χ2v) is 15.6. The molecule has 0 radical (unpaired) electrons. The summed E-state index contributed by atoms with van der Waals surface area (Å²) >= 11 is 1.61. The molecule has 3 atom stereocenters. The van der Waals surface area contributed by atoms with Gasteiger partial charge in [-0.05, 0) is 102 Å². The lowest BCUT2D eigenvalue weighted by Gasteiger charge is -2.37. The molecule has 0 aromatic heterocycles. The Morgan fingerprint density at radius 3 is 1.57 bits per heavy atom. The average Bonchev–Trinajstić information content (AvgIpc) is 2.98. The molecule has 1 aliphatic rings. The van der Waals surface area contributed by atoms with Crippen molar-refractivity contribution in [3.63, 3.8) is 0 Å². The Morgan fingerprint density at radius 1 is 0.757 bits per heavy atom. The molecule has 0 aliphatic carbocycles. The van der Waals surface area contributed by atoms with Crippen molar-refractivity contribution in [2.24, 2.45) is 0 Å². The molecule has 3 aromatic rings. The van der Waals surface area contributed by atoms with E-state index in [1.165, 1.54) is 33.4 Å². The summed E-state index contributed by atoms with van der Waals surface area (Å²) in [6.45, 7) is 16.4. The van der Waals surface area contributed by atoms with Crippen molar-refractivity contribution >= 4 is 35.5 Å². The molecule has 3 nitrogen and oxygen atoms in total. The molecule has 0 saturated carbocycles. The van der Waals surface area contributed by atoms with E-state index in [0.717, 1.165) is 16.9 Å². The zero-order valence-corrected chi connectivity index (χ0v) is 25.5. The molecule has 0 amide bonds. The Labute approximate surface area is 228 Å². The Bertz CT molecular complexity index is 1250. The summed E-state index contributed by atoms with van der Waals surface area (Å²) in [7, 11) is 0. The highest BCUT2D eigenvalue weighted by Crippen LogP contribution is 2.74. The predicted octanol–water partition coefficient (Wildman–Crippen LogP) is 9.58. The predicted molar refractivity (Wildman–Crippen MR) is 165 cm³/mol. The van der Waals surface area contributed by atoms with Gasteiger partial charge in [-0.25, -0.2) is 0 Å². The molecule has 4 rings (SSSR count). The Morgan fingerprint density at radius 2 is 1.16 bits per heavy atom. The standard InChI is InChI=1S/C32H41N2OPS/c1-21-17-23(3)31(24(4)18-21)33-28(8)29(9)34(32-25(5)19-22(2)20-26(32)6)36(33,35)37-27(7)15-16-30-13-11-10-12-14-30/h10-20,27-29H,1-9H3/b16-15+/t27?,28-,29-/m1/s1. The molecule has 1 heterocycles. The molecular formula is C32H41N2OPS. The molecule has 1 aliphatic heterocycles. The fraction of sp³-hybridized carbons (Fsp3) is 0.375. The number of anilines is 2. The van der Waals surface area contributed by atoms with E-state index in [9.17, 15) is 0 Å². The highest BCUT2D eigenvalue weighted by atomic mass is 32.7. The van der Waals surface area contributed by atoms with Gasteiger partial charge < -0.3 is 0 Å². The van der Waals surface area contributed by atoms with Gasteiger partial charge in [0.25, 0.3) is 0 Å². The van der Waals surface area contributed by atoms with Crippen LogP contribution in [0.15, 0.2) is 60.7 Å². The minimum atomic E-state index is -3.13. The fourth-order valence-corrected chi connectivity index (χ4v) is 12.8. The summed E-state index contributed by atoms with van der Waals surface area (Å²) in [5, 5.41) is 0.0608. The van der Waals surface area contributed by atoms with Gasteiger partial charge >= 0.3 is 6.65 Å². The molecule has 37 heavy (non-hydrogen) atoms. The van der Waals surface area contributed by atoms with E-state index in [4.69, 9.17) is 0 Å². The third-order valence-electron chi connectivity index (χ3n) is 7.41. The van der Waals surface area contributed by atoms with Crippen molar-refractivity contribution in [2.45, 2.75) is 79.6 Å². The van der Waals surface area contributed by atoms with Crippen LogP contribution in [-0.4, -0.2) is 17.3 Å². The maximum Gasteiger partial charge on any atom is 0.320 e. The molecular weight excluding hydrogens is 491 g/mol. The van der Waals surface area contributed by atoms with Gasteiger partial charge in [-0.2, -0.15) is 0 Å². The van der Waals surface area contributed by atoms with E-state index in [1.807, 2.05) is 6.07 Å². The van der Waals surface area contributed by atoms with Gasteiger partial charge in [-0.3, -0.25) is 13.9 Å². The first-order chi connectivity index (χ1) is 17.4. The third kappa shape index (κ3) is 5.29. The fourth-order valence-electron chi connectivity index (χ4n) is 5.86. The number of rotatable bonds is 6. The van der Waals surface area contributed by atoms with Gasteiger partial charge in [-0.15, -0.1) is 0 Å². The van der Waals surface area contributed by atoms with Crippen molar-refractivity contribution in [2.75, 3.05) is 9.34 Å². The van der Waals surface area contributed by atoms with Crippen LogP contribution < -0.4 is 9.34 Å². The molecule has 5 heteroatoms. The maximum atomic E-state index is 15.7. The van der Waals surface area contributed by atoms with E-state index >= 15 is 4.57 Å². The first-order valence-electron chi connectivity index (χ1n) is 13.2. The van der Waals surface area contributed by atoms with Crippen molar-refractivity contribution in [3.8, 4) is 0 Å². The number of hydrogen-bond acceptors (Lipinski definition) is 2. The van der Waals surface area contributed by atoms with Crippen LogP contribution in [0, 0.1) is 41.5 Å². The van der Waals surface area contributed by atoms with Crippen molar-refractivity contribution in [1.82, 2.24) is 0 Å². The van der Waals surface area contributed by atoms with Gasteiger partial charge in [0.2, 0.25) is 0 Å². The van der Waals surface area contributed by atoms with Crippen LogP contribution in [-0.2, 0) is 4.57 Å². The SMILES string of the molecule is Cc1cc(C)c(N2[C@H](C)[C@@H](C)N(c3c(C)cc(C)cc3C)P2(=O)SC(C)/C=C/c2ccccc2)c(C)c1. The zero-order chi connectivity index (χ0) is 27.1. The second-order valence-electron chi connectivity index (χ2n) is 10.7. The second kappa shape index (κ2) is 10.8. The van der Waals surface area contributed by atoms with E-state index in [0.29, 0.717) is 0 Å². The number of nitrogens with zero attached hydrogens (tertiary/aromatic N) is 2. The topological polar surface area (TPSA) is 23.6 Å². The third-order valence-corrected chi connectivity index (χ3v) is 13.3. The lowest BCUT2D eigenvalue weighted by Crippen LogP contribution is -2.33. The molecule has 1 unspecified atom stereocenters. The van der Waals surface area contributed by atoms with Crippen molar-refractivity contribution in [3.05, 3.63) is 99.6 Å². The normalized spacial score (nSPS) is 20.1. The molecule has 0 bridgehead atoms. The highest BCUT2D eigenvalue weighted by molar-refractivity contribution is 8.59. The molecule has 0 spiro atoms. The first kappa shape index (κ1) is 27.6. The van der Waals surface area contributed by atoms with Crippen molar-refractivity contribution in [1.29, 1.82) is 0 Å². The number of hydrogen-bond donors (Lipinski definition) is 0. The Kier molecular flexibility index (Phi) is 8.02. The summed E-state index contributed by atoms with van der Waals surface area (Å²) in [5.41, 5.74) is 10.6. The Hall–Kier alpha value is -2.42.